The van der Waals surface area contributed by atoms with Gasteiger partial charge in [-0.3, -0.25) is 24.6 Å². The van der Waals surface area contributed by atoms with Crippen molar-refractivity contribution in [3.63, 3.8) is 0 Å². The molecule has 30 heavy (non-hydrogen) atoms. The Hall–Kier alpha value is -3.91. The van der Waals surface area contributed by atoms with Gasteiger partial charge in [0.2, 0.25) is 0 Å². The van der Waals surface area contributed by atoms with Gasteiger partial charge in [-0.2, -0.15) is 0 Å². The maximum atomic E-state index is 13.2. The Morgan fingerprint density at radius 2 is 1.80 bits per heavy atom. The third kappa shape index (κ3) is 3.68. The van der Waals surface area contributed by atoms with Gasteiger partial charge in [-0.15, -0.1) is 0 Å². The van der Waals surface area contributed by atoms with Gasteiger partial charge in [0.1, 0.15) is 0 Å². The van der Waals surface area contributed by atoms with Crippen LogP contribution in [0.4, 0.5) is 0 Å². The van der Waals surface area contributed by atoms with Gasteiger partial charge in [0, 0.05) is 25.5 Å². The molecule has 0 amide bonds. The number of fused-ring (bicyclic) bond motifs is 1. The van der Waals surface area contributed by atoms with E-state index in [9.17, 15) is 9.59 Å². The van der Waals surface area contributed by atoms with Crippen LogP contribution in [-0.2, 0) is 19.6 Å². The first-order chi connectivity index (χ1) is 14.6. The molecule has 0 saturated carbocycles. The fourth-order valence-electron chi connectivity index (χ4n) is 3.41. The number of para-hydroxylation sites is 1. The SMILES string of the molecule is C=C(NO)c1ccc(Cn2c(=O)n(CCn3ccnc3)c(=O)c3ccccc32)cc1. The minimum absolute atomic E-state index is 0.250. The summed E-state index contributed by atoms with van der Waals surface area (Å²) in [6.45, 7) is 4.74. The van der Waals surface area contributed by atoms with Crippen LogP contribution in [0.2, 0.25) is 0 Å². The zero-order valence-corrected chi connectivity index (χ0v) is 16.2. The second kappa shape index (κ2) is 8.22. The molecule has 0 aliphatic carbocycles. The van der Waals surface area contributed by atoms with Crippen LogP contribution in [0.3, 0.4) is 0 Å². The average Bonchev–Trinajstić information content (AvgIpc) is 3.30. The fourth-order valence-corrected chi connectivity index (χ4v) is 3.41. The molecule has 0 spiro atoms. The van der Waals surface area contributed by atoms with Gasteiger partial charge in [-0.1, -0.05) is 43.0 Å². The van der Waals surface area contributed by atoms with E-state index in [-0.39, 0.29) is 17.8 Å². The smallest absolute Gasteiger partial charge is 0.331 e. The van der Waals surface area contributed by atoms with Crippen molar-refractivity contribution in [1.29, 1.82) is 0 Å². The Morgan fingerprint density at radius 3 is 2.50 bits per heavy atom. The highest BCUT2D eigenvalue weighted by Crippen LogP contribution is 2.14. The summed E-state index contributed by atoms with van der Waals surface area (Å²) < 4.78 is 4.71. The average molecular weight is 403 g/mol. The monoisotopic (exact) mass is 403 g/mol. The molecule has 2 heterocycles. The van der Waals surface area contributed by atoms with Crippen LogP contribution in [0.5, 0.6) is 0 Å². The van der Waals surface area contributed by atoms with Gasteiger partial charge < -0.3 is 4.57 Å². The maximum absolute atomic E-state index is 13.2. The lowest BCUT2D eigenvalue weighted by Crippen LogP contribution is -2.41. The summed E-state index contributed by atoms with van der Waals surface area (Å²) in [5, 5.41) is 9.49. The molecule has 4 rings (SSSR count). The van der Waals surface area contributed by atoms with Crippen molar-refractivity contribution in [1.82, 2.24) is 24.2 Å². The number of nitrogens with zero attached hydrogens (tertiary/aromatic N) is 4. The Labute approximate surface area is 171 Å². The van der Waals surface area contributed by atoms with Crippen LogP contribution >= 0.6 is 0 Å². The van der Waals surface area contributed by atoms with Gasteiger partial charge in [0.05, 0.1) is 29.5 Å². The lowest BCUT2D eigenvalue weighted by atomic mass is 10.1. The molecule has 0 fully saturated rings. The van der Waals surface area contributed by atoms with E-state index in [1.165, 1.54) is 4.57 Å². The summed E-state index contributed by atoms with van der Waals surface area (Å²) in [6.07, 6.45) is 5.11. The van der Waals surface area contributed by atoms with Crippen LogP contribution < -0.4 is 16.7 Å². The normalized spacial score (nSPS) is 11.0. The molecular weight excluding hydrogens is 382 g/mol. The van der Waals surface area contributed by atoms with E-state index < -0.39 is 0 Å². The Morgan fingerprint density at radius 1 is 1.03 bits per heavy atom. The molecule has 4 aromatic rings. The lowest BCUT2D eigenvalue weighted by Gasteiger charge is -2.15. The number of hydrogen-bond donors (Lipinski definition) is 2. The van der Waals surface area contributed by atoms with Crippen molar-refractivity contribution in [2.75, 3.05) is 0 Å². The van der Waals surface area contributed by atoms with Crippen molar-refractivity contribution in [3.8, 4) is 0 Å². The third-order valence-corrected chi connectivity index (χ3v) is 5.05. The Balaban J connectivity index is 1.75. The molecule has 2 aromatic heterocycles. The predicted molar refractivity (Wildman–Crippen MR) is 114 cm³/mol. The molecule has 8 heteroatoms. The molecule has 0 aliphatic rings. The fraction of sp³-hybridized carbons (Fsp3) is 0.136. The van der Waals surface area contributed by atoms with Crippen LogP contribution in [0.15, 0.2) is 83.4 Å². The molecule has 0 atom stereocenters. The maximum Gasteiger partial charge on any atom is 0.331 e. The number of hydroxylamine groups is 1. The largest absolute Gasteiger partial charge is 0.336 e. The minimum Gasteiger partial charge on any atom is -0.336 e. The first-order valence-corrected chi connectivity index (χ1v) is 9.45. The van der Waals surface area contributed by atoms with Gasteiger partial charge in [-0.05, 0) is 23.3 Å². The standard InChI is InChI=1S/C22H21N5O3/c1-16(24-30)18-8-6-17(7-9-18)14-27-20-5-3-2-4-19(20)21(28)26(22(27)29)13-12-25-11-10-23-15-25/h2-11,15,24,30H,1,12-14H2. The zero-order chi connectivity index (χ0) is 21.1. The van der Waals surface area contributed by atoms with E-state index >= 15 is 0 Å². The Bertz CT molecular complexity index is 1300. The third-order valence-electron chi connectivity index (χ3n) is 5.05. The van der Waals surface area contributed by atoms with Crippen molar-refractivity contribution in [3.05, 3.63) is 106 Å². The van der Waals surface area contributed by atoms with E-state index in [0.717, 1.165) is 11.1 Å². The van der Waals surface area contributed by atoms with E-state index in [1.807, 2.05) is 40.4 Å². The lowest BCUT2D eigenvalue weighted by molar-refractivity contribution is 0.225. The highest BCUT2D eigenvalue weighted by atomic mass is 16.5. The van der Waals surface area contributed by atoms with Crippen molar-refractivity contribution in [2.45, 2.75) is 19.6 Å². The molecule has 0 saturated heterocycles. The molecule has 0 aliphatic heterocycles. The molecule has 8 nitrogen and oxygen atoms in total. The molecule has 2 N–H and O–H groups in total. The summed E-state index contributed by atoms with van der Waals surface area (Å²) >= 11 is 0. The summed E-state index contributed by atoms with van der Waals surface area (Å²) in [6, 6.07) is 14.5. The second-order valence-electron chi connectivity index (χ2n) is 6.93. The molecule has 0 radical (unpaired) electrons. The van der Waals surface area contributed by atoms with E-state index in [0.29, 0.717) is 29.7 Å². The van der Waals surface area contributed by atoms with Gasteiger partial charge in [0.25, 0.3) is 5.56 Å². The Kier molecular flexibility index (Phi) is 5.32. The first-order valence-electron chi connectivity index (χ1n) is 9.45. The highest BCUT2D eigenvalue weighted by molar-refractivity contribution is 5.78. The molecule has 0 unspecified atom stereocenters. The summed E-state index contributed by atoms with van der Waals surface area (Å²) in [4.78, 5) is 30.2. The van der Waals surface area contributed by atoms with E-state index in [1.54, 1.807) is 41.5 Å². The van der Waals surface area contributed by atoms with Gasteiger partial charge in [0.15, 0.2) is 0 Å². The summed E-state index contributed by atoms with van der Waals surface area (Å²) in [5.41, 5.74) is 3.98. The summed E-state index contributed by atoms with van der Waals surface area (Å²) in [5.74, 6) is 0. The number of aromatic nitrogens is 4. The van der Waals surface area contributed by atoms with Gasteiger partial charge >= 0.3 is 5.69 Å². The molecule has 152 valence electrons. The zero-order valence-electron chi connectivity index (χ0n) is 16.2. The van der Waals surface area contributed by atoms with Crippen LogP contribution in [0, 0.1) is 0 Å². The molecular formula is C22H21N5O3. The van der Waals surface area contributed by atoms with Crippen molar-refractivity contribution < 1.29 is 5.21 Å². The number of hydrogen-bond acceptors (Lipinski definition) is 5. The van der Waals surface area contributed by atoms with Crippen LogP contribution in [0.25, 0.3) is 16.6 Å². The number of benzene rings is 2. The van der Waals surface area contributed by atoms with E-state index in [2.05, 4.69) is 11.6 Å². The molecule has 2 aromatic carbocycles. The number of aryl methyl sites for hydroxylation is 1. The second-order valence-corrected chi connectivity index (χ2v) is 6.93. The topological polar surface area (TPSA) is 94.1 Å². The van der Waals surface area contributed by atoms with Crippen molar-refractivity contribution >= 4 is 16.6 Å². The highest BCUT2D eigenvalue weighted by Gasteiger charge is 2.13. The number of nitrogens with one attached hydrogen (secondary N) is 1. The van der Waals surface area contributed by atoms with Crippen LogP contribution in [0.1, 0.15) is 11.1 Å². The van der Waals surface area contributed by atoms with E-state index in [4.69, 9.17) is 5.21 Å². The minimum atomic E-state index is -0.357. The van der Waals surface area contributed by atoms with Gasteiger partial charge in [-0.25, -0.2) is 9.78 Å². The first kappa shape index (κ1) is 19.4. The number of rotatable bonds is 7. The quantitative estimate of drug-likeness (QED) is 0.461. The molecule has 0 bridgehead atoms. The van der Waals surface area contributed by atoms with Crippen molar-refractivity contribution in [2.24, 2.45) is 0 Å². The summed E-state index contributed by atoms with van der Waals surface area (Å²) in [7, 11) is 0. The van der Waals surface area contributed by atoms with Crippen LogP contribution in [-0.4, -0.2) is 23.9 Å². The predicted octanol–water partition coefficient (Wildman–Crippen LogP) is 2.06. The number of imidazole rings is 1.